The number of likely N-dealkylation sites (N-methyl/N-ethyl adjacent to an activating group) is 1. The number of carbonyl (C=O) groups excluding carboxylic acids is 3. The first-order chi connectivity index (χ1) is 15.3. The normalized spacial score (nSPS) is 10.5. The Labute approximate surface area is 186 Å². The largest absolute Gasteiger partial charge is 0.355 e. The number of nitrogens with one attached hydrogen (secondary N) is 3. The minimum Gasteiger partial charge on any atom is -0.355 e. The zero-order chi connectivity index (χ0) is 23.3. The highest BCUT2D eigenvalue weighted by Gasteiger charge is 2.23. The number of anilines is 2. The number of halogens is 3. The number of amides is 3. The van der Waals surface area contributed by atoms with Gasteiger partial charge in [0.1, 0.15) is 12.4 Å². The third-order valence-electron chi connectivity index (χ3n) is 4.29. The molecule has 0 spiro atoms. The van der Waals surface area contributed by atoms with Crippen molar-refractivity contribution >= 4 is 40.8 Å². The number of carbonyl (C=O) groups is 3. The first kappa shape index (κ1) is 22.9. The van der Waals surface area contributed by atoms with Gasteiger partial charge in [0.25, 0.3) is 11.8 Å². The topological polar surface area (TPSA) is 107 Å². The van der Waals surface area contributed by atoms with Gasteiger partial charge in [0.05, 0.1) is 10.6 Å². The number of para-hydroxylation sites is 1. The van der Waals surface area contributed by atoms with Gasteiger partial charge in [0.15, 0.2) is 17.3 Å². The molecule has 0 atom stereocenters. The zero-order valence-corrected chi connectivity index (χ0v) is 17.5. The van der Waals surface area contributed by atoms with E-state index in [1.807, 2.05) is 0 Å². The lowest BCUT2D eigenvalue weighted by Gasteiger charge is -2.21. The van der Waals surface area contributed by atoms with Crippen LogP contribution in [0.5, 0.6) is 0 Å². The maximum atomic E-state index is 13.5. The highest BCUT2D eigenvalue weighted by Crippen LogP contribution is 2.22. The van der Waals surface area contributed by atoms with Crippen molar-refractivity contribution in [1.29, 1.82) is 0 Å². The van der Waals surface area contributed by atoms with Gasteiger partial charge in [-0.1, -0.05) is 29.8 Å². The molecular formula is C21H18ClF2N5O3. The molecule has 32 heavy (non-hydrogen) atoms. The van der Waals surface area contributed by atoms with Crippen molar-refractivity contribution in [3.63, 3.8) is 0 Å². The summed E-state index contributed by atoms with van der Waals surface area (Å²) in [6.45, 7) is 1.92. The molecule has 1 heterocycles. The average Bonchev–Trinajstić information content (AvgIpc) is 3.23. The molecule has 166 valence electrons. The van der Waals surface area contributed by atoms with Crippen molar-refractivity contribution in [3.05, 3.63) is 76.4 Å². The first-order valence-corrected chi connectivity index (χ1v) is 9.82. The van der Waals surface area contributed by atoms with Crippen LogP contribution in [-0.2, 0) is 4.79 Å². The lowest BCUT2D eigenvalue weighted by molar-refractivity contribution is -0.119. The Bertz CT molecular complexity index is 1150. The zero-order valence-electron chi connectivity index (χ0n) is 16.8. The number of nitrogens with zero attached hydrogens (tertiary/aromatic N) is 2. The summed E-state index contributed by atoms with van der Waals surface area (Å²) in [6, 6.07) is 11.1. The molecule has 0 radical (unpaired) electrons. The maximum Gasteiger partial charge on any atom is 0.279 e. The van der Waals surface area contributed by atoms with E-state index in [9.17, 15) is 23.2 Å². The number of H-pyrrole nitrogens is 1. The molecule has 0 aliphatic rings. The summed E-state index contributed by atoms with van der Waals surface area (Å²) in [4.78, 5) is 38.7. The Morgan fingerprint density at radius 2 is 1.78 bits per heavy atom. The smallest absolute Gasteiger partial charge is 0.279 e. The van der Waals surface area contributed by atoms with Crippen molar-refractivity contribution in [1.82, 2.24) is 15.5 Å². The molecule has 8 nitrogen and oxygen atoms in total. The number of rotatable bonds is 7. The fraction of sp³-hybridized carbons (Fsp3) is 0.143. The fourth-order valence-electron chi connectivity index (χ4n) is 2.80. The molecule has 0 saturated carbocycles. The van der Waals surface area contributed by atoms with E-state index in [1.54, 1.807) is 37.3 Å². The van der Waals surface area contributed by atoms with Gasteiger partial charge in [-0.15, -0.1) is 0 Å². The molecule has 1 aromatic heterocycles. The van der Waals surface area contributed by atoms with Crippen LogP contribution in [-0.4, -0.2) is 41.0 Å². The Morgan fingerprint density at radius 3 is 2.47 bits per heavy atom. The molecule has 0 bridgehead atoms. The molecule has 3 amide bonds. The monoisotopic (exact) mass is 461 g/mol. The van der Waals surface area contributed by atoms with Gasteiger partial charge in [-0.3, -0.25) is 24.4 Å². The van der Waals surface area contributed by atoms with Crippen LogP contribution >= 0.6 is 11.6 Å². The summed E-state index contributed by atoms with van der Waals surface area (Å²) in [7, 11) is 0. The van der Waals surface area contributed by atoms with Crippen molar-refractivity contribution in [2.45, 2.75) is 6.92 Å². The number of aromatic nitrogens is 2. The summed E-state index contributed by atoms with van der Waals surface area (Å²) < 4.78 is 26.7. The van der Waals surface area contributed by atoms with Crippen LogP contribution in [0.1, 0.15) is 27.8 Å². The van der Waals surface area contributed by atoms with Crippen LogP contribution in [0.3, 0.4) is 0 Å². The Morgan fingerprint density at radius 1 is 1.09 bits per heavy atom. The summed E-state index contributed by atoms with van der Waals surface area (Å²) in [5.41, 5.74) is 0.103. The highest BCUT2D eigenvalue weighted by atomic mass is 35.5. The van der Waals surface area contributed by atoms with Gasteiger partial charge in [0.2, 0.25) is 5.91 Å². The average molecular weight is 462 g/mol. The summed E-state index contributed by atoms with van der Waals surface area (Å²) in [5.74, 6) is -4.19. The van der Waals surface area contributed by atoms with Gasteiger partial charge in [-0.2, -0.15) is 5.10 Å². The van der Waals surface area contributed by atoms with Gasteiger partial charge >= 0.3 is 0 Å². The van der Waals surface area contributed by atoms with Gasteiger partial charge in [-0.25, -0.2) is 8.78 Å². The molecular weight excluding hydrogens is 444 g/mol. The number of benzene rings is 2. The number of aromatic amines is 1. The third-order valence-corrected chi connectivity index (χ3v) is 4.60. The highest BCUT2D eigenvalue weighted by molar-refractivity contribution is 6.34. The SMILES string of the molecule is CCNC(=O)CN(C(=O)c1cc(NC(=O)c2cc(F)c(F)cc2Cl)[nH]n1)c1ccccc1. The molecule has 3 N–H and O–H groups in total. The van der Waals surface area contributed by atoms with Crippen LogP contribution in [0.15, 0.2) is 48.5 Å². The summed E-state index contributed by atoms with van der Waals surface area (Å²) in [6.07, 6.45) is 0. The maximum absolute atomic E-state index is 13.5. The van der Waals surface area contributed by atoms with E-state index in [0.29, 0.717) is 24.4 Å². The molecule has 3 rings (SSSR count). The second-order valence-electron chi connectivity index (χ2n) is 6.55. The molecule has 3 aromatic rings. The third kappa shape index (κ3) is 5.27. The second kappa shape index (κ2) is 10.0. The van der Waals surface area contributed by atoms with E-state index in [1.165, 1.54) is 11.0 Å². The van der Waals surface area contributed by atoms with Crippen LogP contribution in [0.25, 0.3) is 0 Å². The van der Waals surface area contributed by atoms with E-state index in [0.717, 1.165) is 0 Å². The quantitative estimate of drug-likeness (QED) is 0.469. The van der Waals surface area contributed by atoms with Gasteiger partial charge in [-0.05, 0) is 31.2 Å². The molecule has 0 aliphatic heterocycles. The minimum absolute atomic E-state index is 0.0187. The Hall–Kier alpha value is -3.79. The molecule has 0 unspecified atom stereocenters. The Balaban J connectivity index is 1.80. The van der Waals surface area contributed by atoms with E-state index < -0.39 is 23.4 Å². The van der Waals surface area contributed by atoms with E-state index in [2.05, 4.69) is 20.8 Å². The van der Waals surface area contributed by atoms with Gasteiger partial charge in [0, 0.05) is 18.3 Å². The van der Waals surface area contributed by atoms with Crippen LogP contribution in [0.2, 0.25) is 5.02 Å². The lowest BCUT2D eigenvalue weighted by atomic mass is 10.2. The number of hydrogen-bond acceptors (Lipinski definition) is 4. The minimum atomic E-state index is -1.23. The van der Waals surface area contributed by atoms with Crippen LogP contribution in [0, 0.1) is 11.6 Å². The first-order valence-electron chi connectivity index (χ1n) is 9.45. The summed E-state index contributed by atoms with van der Waals surface area (Å²) >= 11 is 5.81. The number of hydrogen-bond donors (Lipinski definition) is 3. The van der Waals surface area contributed by atoms with Crippen molar-refractivity contribution < 1.29 is 23.2 Å². The fourth-order valence-corrected chi connectivity index (χ4v) is 3.04. The lowest BCUT2D eigenvalue weighted by Crippen LogP contribution is -2.41. The molecule has 11 heteroatoms. The van der Waals surface area contributed by atoms with Crippen molar-refractivity contribution in [3.8, 4) is 0 Å². The molecule has 0 saturated heterocycles. The van der Waals surface area contributed by atoms with Gasteiger partial charge < -0.3 is 10.6 Å². The van der Waals surface area contributed by atoms with Crippen molar-refractivity contribution in [2.24, 2.45) is 0 Å². The van der Waals surface area contributed by atoms with Crippen LogP contribution < -0.4 is 15.5 Å². The van der Waals surface area contributed by atoms with E-state index >= 15 is 0 Å². The molecule has 0 fully saturated rings. The standard InChI is InChI=1S/C21H18ClF2N5O3/c1-2-25-19(30)11-29(12-6-4-3-5-7-12)21(32)17-10-18(28-27-17)26-20(31)13-8-15(23)16(24)9-14(13)22/h3-10H,2,11H2,1H3,(H,25,30)(H2,26,27,28,31). The summed E-state index contributed by atoms with van der Waals surface area (Å²) in [5, 5.41) is 11.1. The second-order valence-corrected chi connectivity index (χ2v) is 6.95. The van der Waals surface area contributed by atoms with Crippen molar-refractivity contribution in [2.75, 3.05) is 23.3 Å². The van der Waals surface area contributed by atoms with E-state index in [-0.39, 0.29) is 34.5 Å². The predicted molar refractivity (Wildman–Crippen MR) is 115 cm³/mol. The Kier molecular flexibility index (Phi) is 7.16. The molecule has 0 aliphatic carbocycles. The molecule has 2 aromatic carbocycles. The van der Waals surface area contributed by atoms with Crippen LogP contribution in [0.4, 0.5) is 20.3 Å². The van der Waals surface area contributed by atoms with E-state index in [4.69, 9.17) is 11.6 Å². The predicted octanol–water partition coefficient (Wildman–Crippen LogP) is 3.38.